The van der Waals surface area contributed by atoms with Crippen molar-refractivity contribution >= 4 is 17.3 Å². The number of benzene rings is 1. The van der Waals surface area contributed by atoms with Gasteiger partial charge in [0.25, 0.3) is 5.91 Å². The molecule has 1 aromatic carbocycles. The first-order valence-electron chi connectivity index (χ1n) is 8.00. The lowest BCUT2D eigenvalue weighted by atomic mass is 10.00. The third-order valence-corrected chi connectivity index (χ3v) is 4.12. The van der Waals surface area contributed by atoms with Gasteiger partial charge in [0.1, 0.15) is 11.8 Å². The van der Waals surface area contributed by atoms with Crippen LogP contribution in [0.2, 0.25) is 0 Å². The summed E-state index contributed by atoms with van der Waals surface area (Å²) in [6.45, 7) is 0.622. The Morgan fingerprint density at radius 1 is 1.08 bits per heavy atom. The first-order valence-corrected chi connectivity index (χ1v) is 8.00. The van der Waals surface area contributed by atoms with E-state index in [9.17, 15) is 4.79 Å². The molecular weight excluding hydrogens is 326 g/mol. The molecule has 3 heterocycles. The molecule has 0 unspecified atom stereocenters. The third-order valence-electron chi connectivity index (χ3n) is 4.12. The summed E-state index contributed by atoms with van der Waals surface area (Å²) in [4.78, 5) is 25.0. The van der Waals surface area contributed by atoms with Crippen molar-refractivity contribution in [2.75, 3.05) is 5.32 Å². The molecule has 0 radical (unpaired) electrons. The summed E-state index contributed by atoms with van der Waals surface area (Å²) in [6, 6.07) is 14.6. The van der Waals surface area contributed by atoms with Gasteiger partial charge >= 0.3 is 0 Å². The minimum Gasteiger partial charge on any atom is -0.322 e. The van der Waals surface area contributed by atoms with E-state index in [1.165, 1.54) is 12.3 Å². The summed E-state index contributed by atoms with van der Waals surface area (Å²) >= 11 is 0. The molecule has 4 rings (SSSR count). The van der Waals surface area contributed by atoms with Crippen LogP contribution in [0, 0.1) is 11.3 Å². The van der Waals surface area contributed by atoms with Crippen molar-refractivity contribution in [3.05, 3.63) is 89.0 Å². The molecule has 1 aliphatic rings. The van der Waals surface area contributed by atoms with E-state index in [2.05, 4.69) is 20.3 Å². The van der Waals surface area contributed by atoms with Crippen LogP contribution in [0.4, 0.5) is 5.69 Å². The highest BCUT2D eigenvalue weighted by molar-refractivity contribution is 6.16. The van der Waals surface area contributed by atoms with E-state index in [-0.39, 0.29) is 11.6 Å². The highest BCUT2D eigenvalue weighted by Crippen LogP contribution is 2.26. The Morgan fingerprint density at radius 3 is 2.73 bits per heavy atom. The van der Waals surface area contributed by atoms with Crippen LogP contribution in [-0.4, -0.2) is 21.6 Å². The van der Waals surface area contributed by atoms with E-state index in [1.807, 2.05) is 36.4 Å². The highest BCUT2D eigenvalue weighted by atomic mass is 16.1. The number of anilines is 1. The van der Waals surface area contributed by atoms with Gasteiger partial charge in [0.15, 0.2) is 0 Å². The summed E-state index contributed by atoms with van der Waals surface area (Å²) in [6.07, 6.45) is 4.92. The number of nitriles is 1. The number of carbonyl (C=O) groups is 1. The normalized spacial score (nSPS) is 12.0. The van der Waals surface area contributed by atoms with Crippen LogP contribution in [0.3, 0.4) is 0 Å². The van der Waals surface area contributed by atoms with E-state index < -0.39 is 0 Å². The smallest absolute Gasteiger partial charge is 0.255 e. The predicted molar refractivity (Wildman–Crippen MR) is 96.9 cm³/mol. The standard InChI is InChI=1S/C20H13N5O/c21-11-17-9-14(5-8-23-17)20(26)25-16-2-1-15-12-24-19(18(15)10-16)13-3-6-22-7-4-13/h1-10H,12H2,(H,25,26). The molecular formula is C20H13N5O. The molecule has 124 valence electrons. The first-order chi connectivity index (χ1) is 12.7. The molecule has 3 aromatic rings. The summed E-state index contributed by atoms with van der Waals surface area (Å²) in [7, 11) is 0. The molecule has 0 fully saturated rings. The van der Waals surface area contributed by atoms with Gasteiger partial charge < -0.3 is 5.32 Å². The number of aromatic nitrogens is 2. The second-order valence-electron chi connectivity index (χ2n) is 5.77. The number of amides is 1. The Kier molecular flexibility index (Phi) is 3.96. The first kappa shape index (κ1) is 15.7. The number of pyridine rings is 2. The molecule has 0 saturated heterocycles. The molecule has 2 aromatic heterocycles. The molecule has 0 aliphatic carbocycles. The molecule has 1 aliphatic heterocycles. The summed E-state index contributed by atoms with van der Waals surface area (Å²) in [5.41, 5.74) is 5.28. The van der Waals surface area contributed by atoms with Gasteiger partial charge in [0.05, 0.1) is 12.3 Å². The zero-order valence-electron chi connectivity index (χ0n) is 13.7. The maximum absolute atomic E-state index is 12.4. The SMILES string of the molecule is N#Cc1cc(C(=O)Nc2ccc3c(c2)C(c2ccncc2)=NC3)ccn1. The van der Waals surface area contributed by atoms with Gasteiger partial charge in [-0.15, -0.1) is 0 Å². The number of fused-ring (bicyclic) bond motifs is 1. The van der Waals surface area contributed by atoms with Crippen molar-refractivity contribution < 1.29 is 4.79 Å². The maximum Gasteiger partial charge on any atom is 0.255 e. The van der Waals surface area contributed by atoms with Crippen molar-refractivity contribution in [3.63, 3.8) is 0 Å². The van der Waals surface area contributed by atoms with Gasteiger partial charge in [-0.25, -0.2) is 4.98 Å². The average Bonchev–Trinajstić information content (AvgIpc) is 3.12. The fraction of sp³-hybridized carbons (Fsp3) is 0.0500. The molecule has 1 amide bonds. The van der Waals surface area contributed by atoms with Crippen molar-refractivity contribution in [1.82, 2.24) is 9.97 Å². The zero-order chi connectivity index (χ0) is 17.9. The fourth-order valence-corrected chi connectivity index (χ4v) is 2.85. The Balaban J connectivity index is 1.61. The quantitative estimate of drug-likeness (QED) is 0.794. The van der Waals surface area contributed by atoms with Gasteiger partial charge in [-0.1, -0.05) is 6.07 Å². The van der Waals surface area contributed by atoms with Crippen LogP contribution < -0.4 is 5.32 Å². The van der Waals surface area contributed by atoms with E-state index in [1.54, 1.807) is 18.5 Å². The maximum atomic E-state index is 12.4. The number of aliphatic imine (C=N–C) groups is 1. The molecule has 1 N–H and O–H groups in total. The van der Waals surface area contributed by atoms with Crippen molar-refractivity contribution in [1.29, 1.82) is 5.26 Å². The van der Waals surface area contributed by atoms with Gasteiger partial charge in [-0.3, -0.25) is 14.8 Å². The van der Waals surface area contributed by atoms with Gasteiger partial charge in [-0.05, 0) is 42.0 Å². The number of hydrogen-bond donors (Lipinski definition) is 1. The zero-order valence-corrected chi connectivity index (χ0v) is 13.7. The number of nitrogens with zero attached hydrogens (tertiary/aromatic N) is 4. The third kappa shape index (κ3) is 2.94. The second kappa shape index (κ2) is 6.57. The predicted octanol–water partition coefficient (Wildman–Crippen LogP) is 2.95. The lowest BCUT2D eigenvalue weighted by Gasteiger charge is -2.09. The Morgan fingerprint density at radius 2 is 1.92 bits per heavy atom. The second-order valence-corrected chi connectivity index (χ2v) is 5.77. The average molecular weight is 339 g/mol. The van der Waals surface area contributed by atoms with E-state index in [4.69, 9.17) is 5.26 Å². The molecule has 6 nitrogen and oxygen atoms in total. The highest BCUT2D eigenvalue weighted by Gasteiger charge is 2.18. The van der Waals surface area contributed by atoms with Crippen LogP contribution in [0.5, 0.6) is 0 Å². The largest absolute Gasteiger partial charge is 0.322 e. The lowest BCUT2D eigenvalue weighted by Crippen LogP contribution is -2.13. The van der Waals surface area contributed by atoms with E-state index >= 15 is 0 Å². The van der Waals surface area contributed by atoms with E-state index in [0.29, 0.717) is 17.8 Å². The summed E-state index contributed by atoms with van der Waals surface area (Å²) in [5, 5.41) is 11.8. The minimum atomic E-state index is -0.288. The van der Waals surface area contributed by atoms with Crippen molar-refractivity contribution in [3.8, 4) is 6.07 Å². The van der Waals surface area contributed by atoms with Crippen LogP contribution in [0.25, 0.3) is 0 Å². The summed E-state index contributed by atoms with van der Waals surface area (Å²) in [5.74, 6) is -0.288. The van der Waals surface area contributed by atoms with Crippen LogP contribution in [0.15, 0.2) is 66.0 Å². The Hall–Kier alpha value is -3.85. The van der Waals surface area contributed by atoms with Crippen molar-refractivity contribution in [2.45, 2.75) is 6.54 Å². The fourth-order valence-electron chi connectivity index (χ4n) is 2.85. The Bertz CT molecular complexity index is 1070. The van der Waals surface area contributed by atoms with E-state index in [0.717, 1.165) is 22.4 Å². The number of hydrogen-bond acceptors (Lipinski definition) is 5. The number of carbonyl (C=O) groups excluding carboxylic acids is 1. The molecule has 0 saturated carbocycles. The molecule has 0 atom stereocenters. The van der Waals surface area contributed by atoms with Gasteiger partial charge in [0, 0.05) is 41.0 Å². The minimum absolute atomic E-state index is 0.207. The molecule has 0 bridgehead atoms. The lowest BCUT2D eigenvalue weighted by molar-refractivity contribution is 0.102. The van der Waals surface area contributed by atoms with Gasteiger partial charge in [-0.2, -0.15) is 5.26 Å². The topological polar surface area (TPSA) is 91.0 Å². The van der Waals surface area contributed by atoms with Crippen LogP contribution >= 0.6 is 0 Å². The van der Waals surface area contributed by atoms with Crippen molar-refractivity contribution in [2.24, 2.45) is 4.99 Å². The molecule has 26 heavy (non-hydrogen) atoms. The number of nitrogens with one attached hydrogen (secondary N) is 1. The molecule has 0 spiro atoms. The van der Waals surface area contributed by atoms with Crippen LogP contribution in [0.1, 0.15) is 32.7 Å². The Labute approximate surface area is 149 Å². The summed E-state index contributed by atoms with van der Waals surface area (Å²) < 4.78 is 0. The van der Waals surface area contributed by atoms with Gasteiger partial charge in [0.2, 0.25) is 0 Å². The van der Waals surface area contributed by atoms with Crippen LogP contribution in [-0.2, 0) is 6.54 Å². The number of rotatable bonds is 3. The monoisotopic (exact) mass is 339 g/mol. The molecule has 6 heteroatoms.